The first-order valence-corrected chi connectivity index (χ1v) is 19.8. The number of allylic oxidation sites excluding steroid dienone is 2. The predicted octanol–water partition coefficient (Wildman–Crippen LogP) is 14.9. The van der Waals surface area contributed by atoms with Gasteiger partial charge < -0.3 is 9.64 Å². The molecule has 0 fully saturated rings. The highest BCUT2D eigenvalue weighted by atomic mass is 16.5. The standard InChI is InChI=1S/C52H45NO.C3H4/c1-33-17-11-16-24-49(33)54-35(3)50-34(2)51(4,5)46-29-26-37(31-44(46)50)53(38-25-27-42-41-21-14-15-23-45(41)52(6,7)47(42)32-38)48-30-28-39(36-18-9-8-10-19-36)40-20-12-13-22-43(40)48;1-3-2/h8-32H,3H2,1-2,4-7H3;1H,2H3. The number of rotatable bonds is 7. The molecule has 9 rings (SSSR count). The van der Waals surface area contributed by atoms with Crippen LogP contribution in [0.15, 0.2) is 170 Å². The minimum Gasteiger partial charge on any atom is -0.457 e. The number of nitrogens with zero attached hydrogens (tertiary/aromatic N) is 1. The van der Waals surface area contributed by atoms with Crippen molar-refractivity contribution in [3.63, 3.8) is 0 Å². The van der Waals surface area contributed by atoms with E-state index in [2.05, 4.69) is 199 Å². The molecule has 7 aromatic rings. The van der Waals surface area contributed by atoms with Gasteiger partial charge in [0.2, 0.25) is 0 Å². The number of fused-ring (bicyclic) bond motifs is 5. The van der Waals surface area contributed by atoms with E-state index >= 15 is 0 Å². The summed E-state index contributed by atoms with van der Waals surface area (Å²) in [5.41, 5.74) is 16.7. The highest BCUT2D eigenvalue weighted by molar-refractivity contribution is 6.06. The van der Waals surface area contributed by atoms with Gasteiger partial charge in [0.25, 0.3) is 0 Å². The summed E-state index contributed by atoms with van der Waals surface area (Å²) in [6.07, 6.45) is 4.60. The van der Waals surface area contributed by atoms with Crippen molar-refractivity contribution in [2.75, 3.05) is 4.90 Å². The first-order valence-electron chi connectivity index (χ1n) is 19.8. The largest absolute Gasteiger partial charge is 0.457 e. The van der Waals surface area contributed by atoms with Crippen molar-refractivity contribution < 1.29 is 4.74 Å². The average Bonchev–Trinajstić information content (AvgIpc) is 3.57. The third-order valence-electron chi connectivity index (χ3n) is 12.2. The molecule has 2 nitrogen and oxygen atoms in total. The van der Waals surface area contributed by atoms with E-state index in [0.717, 1.165) is 39.5 Å². The number of hydrogen-bond acceptors (Lipinski definition) is 2. The van der Waals surface area contributed by atoms with Crippen LogP contribution in [0.1, 0.15) is 69.4 Å². The van der Waals surface area contributed by atoms with Gasteiger partial charge >= 0.3 is 0 Å². The van der Waals surface area contributed by atoms with E-state index in [1.807, 2.05) is 18.2 Å². The fourth-order valence-electron chi connectivity index (χ4n) is 8.96. The normalized spacial score (nSPS) is 14.1. The summed E-state index contributed by atoms with van der Waals surface area (Å²) in [7, 11) is 0. The Labute approximate surface area is 338 Å². The zero-order valence-corrected chi connectivity index (χ0v) is 34.1. The van der Waals surface area contributed by atoms with Crippen LogP contribution in [-0.4, -0.2) is 0 Å². The number of hydrogen-bond donors (Lipinski definition) is 0. The van der Waals surface area contributed by atoms with Crippen LogP contribution in [0, 0.1) is 19.3 Å². The lowest BCUT2D eigenvalue weighted by Crippen LogP contribution is -2.17. The fraction of sp³-hybridized carbons (Fsp3) is 0.164. The van der Waals surface area contributed by atoms with Crippen molar-refractivity contribution in [2.24, 2.45) is 0 Å². The SMILES string of the molecule is C#CC.C=C(Oc1ccccc1C)C1=C(C)C(C)(C)c2ccc(N(c3ccc4c(c3)C(C)(C)c3ccccc3-4)c3ccc(-c4ccccc4)c4ccccc34)cc21. The van der Waals surface area contributed by atoms with Crippen LogP contribution >= 0.6 is 0 Å². The van der Waals surface area contributed by atoms with Gasteiger partial charge in [-0.05, 0) is 113 Å². The molecule has 2 heteroatoms. The minimum absolute atomic E-state index is 0.132. The molecule has 0 heterocycles. The lowest BCUT2D eigenvalue weighted by molar-refractivity contribution is 0.447. The summed E-state index contributed by atoms with van der Waals surface area (Å²) < 4.78 is 6.57. The lowest BCUT2D eigenvalue weighted by Gasteiger charge is -2.30. The third kappa shape index (κ3) is 6.25. The van der Waals surface area contributed by atoms with Crippen LogP contribution in [0.5, 0.6) is 5.75 Å². The Morgan fingerprint density at radius 3 is 1.91 bits per heavy atom. The molecule has 280 valence electrons. The zero-order valence-electron chi connectivity index (χ0n) is 34.1. The maximum Gasteiger partial charge on any atom is 0.130 e. The first-order chi connectivity index (χ1) is 27.5. The van der Waals surface area contributed by atoms with E-state index < -0.39 is 0 Å². The van der Waals surface area contributed by atoms with Gasteiger partial charge in [-0.2, -0.15) is 0 Å². The van der Waals surface area contributed by atoms with Crippen molar-refractivity contribution in [2.45, 2.75) is 59.3 Å². The van der Waals surface area contributed by atoms with Crippen molar-refractivity contribution in [1.82, 2.24) is 0 Å². The van der Waals surface area contributed by atoms with Crippen LogP contribution in [0.25, 0.3) is 38.6 Å². The van der Waals surface area contributed by atoms with Crippen LogP contribution in [-0.2, 0) is 10.8 Å². The van der Waals surface area contributed by atoms with Crippen molar-refractivity contribution in [3.05, 3.63) is 197 Å². The van der Waals surface area contributed by atoms with E-state index in [-0.39, 0.29) is 10.8 Å². The monoisotopic (exact) mass is 739 g/mol. The average molecular weight is 740 g/mol. The molecule has 0 aliphatic heterocycles. The van der Waals surface area contributed by atoms with Crippen molar-refractivity contribution in [1.29, 1.82) is 0 Å². The molecule has 0 saturated carbocycles. The van der Waals surface area contributed by atoms with E-state index in [9.17, 15) is 0 Å². The van der Waals surface area contributed by atoms with Gasteiger partial charge in [-0.15, -0.1) is 12.3 Å². The molecular formula is C55H49NO. The van der Waals surface area contributed by atoms with Crippen LogP contribution < -0.4 is 9.64 Å². The van der Waals surface area contributed by atoms with Crippen LogP contribution in [0.2, 0.25) is 0 Å². The summed E-state index contributed by atoms with van der Waals surface area (Å²) in [5, 5.41) is 2.42. The summed E-state index contributed by atoms with van der Waals surface area (Å²) in [6.45, 7) is 19.8. The maximum atomic E-state index is 6.57. The van der Waals surface area contributed by atoms with Gasteiger partial charge in [0.1, 0.15) is 11.5 Å². The number of aryl methyl sites for hydroxylation is 1. The van der Waals surface area contributed by atoms with E-state index in [0.29, 0.717) is 5.76 Å². The molecule has 0 unspecified atom stereocenters. The third-order valence-corrected chi connectivity index (χ3v) is 12.2. The summed E-state index contributed by atoms with van der Waals surface area (Å²) >= 11 is 0. The number of terminal acetylenes is 1. The molecule has 0 radical (unpaired) electrons. The second-order valence-electron chi connectivity index (χ2n) is 16.2. The number of benzene rings is 7. The Bertz CT molecular complexity index is 2770. The van der Waals surface area contributed by atoms with E-state index in [1.165, 1.54) is 55.3 Å². The number of para-hydroxylation sites is 1. The molecule has 0 N–H and O–H groups in total. The van der Waals surface area contributed by atoms with Crippen molar-refractivity contribution in [3.8, 4) is 40.3 Å². The molecule has 0 bridgehead atoms. The zero-order chi connectivity index (χ0) is 40.1. The summed E-state index contributed by atoms with van der Waals surface area (Å²) in [6, 6.07) is 55.2. The lowest BCUT2D eigenvalue weighted by atomic mass is 9.82. The highest BCUT2D eigenvalue weighted by Crippen LogP contribution is 2.53. The molecule has 2 aliphatic carbocycles. The molecule has 0 spiro atoms. The van der Waals surface area contributed by atoms with Gasteiger partial charge in [0.05, 0.1) is 5.69 Å². The molecule has 0 saturated heterocycles. The Morgan fingerprint density at radius 1 is 0.579 bits per heavy atom. The first kappa shape index (κ1) is 37.4. The predicted molar refractivity (Wildman–Crippen MR) is 243 cm³/mol. The van der Waals surface area contributed by atoms with Gasteiger partial charge in [0.15, 0.2) is 0 Å². The minimum atomic E-state index is -0.181. The van der Waals surface area contributed by atoms with Crippen molar-refractivity contribution >= 4 is 33.4 Å². The molecule has 0 amide bonds. The molecule has 2 aliphatic rings. The summed E-state index contributed by atoms with van der Waals surface area (Å²) in [4.78, 5) is 2.46. The maximum absolute atomic E-state index is 6.57. The van der Waals surface area contributed by atoms with Crippen LogP contribution in [0.4, 0.5) is 17.1 Å². The molecule has 7 aromatic carbocycles. The second-order valence-corrected chi connectivity index (χ2v) is 16.2. The topological polar surface area (TPSA) is 12.5 Å². The smallest absolute Gasteiger partial charge is 0.130 e. The Kier molecular flexibility index (Phi) is 9.51. The van der Waals surface area contributed by atoms with Gasteiger partial charge in [-0.1, -0.05) is 155 Å². The highest BCUT2D eigenvalue weighted by Gasteiger charge is 2.39. The van der Waals surface area contributed by atoms with Gasteiger partial charge in [0, 0.05) is 33.2 Å². The Balaban J connectivity index is 0.00000147. The quantitative estimate of drug-likeness (QED) is 0.119. The molecule has 57 heavy (non-hydrogen) atoms. The summed E-state index contributed by atoms with van der Waals surface area (Å²) in [5.74, 6) is 3.76. The molecule has 0 atom stereocenters. The van der Waals surface area contributed by atoms with E-state index in [1.54, 1.807) is 6.92 Å². The van der Waals surface area contributed by atoms with Crippen LogP contribution in [0.3, 0.4) is 0 Å². The number of ether oxygens (including phenoxy) is 1. The molecule has 0 aromatic heterocycles. The second kappa shape index (κ2) is 14.5. The fourth-order valence-corrected chi connectivity index (χ4v) is 8.96. The number of anilines is 3. The van der Waals surface area contributed by atoms with Gasteiger partial charge in [-0.25, -0.2) is 0 Å². The molecular weight excluding hydrogens is 691 g/mol. The Morgan fingerprint density at radius 2 is 1.16 bits per heavy atom. The van der Waals surface area contributed by atoms with Gasteiger partial charge in [-0.3, -0.25) is 0 Å². The Hall–Kier alpha value is -6.56. The van der Waals surface area contributed by atoms with E-state index in [4.69, 9.17) is 4.74 Å².